The number of urea groups is 1. The second kappa shape index (κ2) is 6.62. The van der Waals surface area contributed by atoms with Crippen molar-refractivity contribution in [2.75, 3.05) is 5.32 Å². The molecule has 0 heterocycles. The topological polar surface area (TPSA) is 92.3 Å². The van der Waals surface area contributed by atoms with Gasteiger partial charge in [-0.25, -0.2) is 17.9 Å². The van der Waals surface area contributed by atoms with Crippen molar-refractivity contribution in [1.29, 1.82) is 0 Å². The van der Waals surface area contributed by atoms with Gasteiger partial charge in [-0.15, -0.1) is 0 Å². The molecule has 2 aromatic carbocycles. The number of rotatable bonds is 4. The van der Waals surface area contributed by atoms with Crippen molar-refractivity contribution >= 4 is 27.5 Å². The van der Waals surface area contributed by atoms with Gasteiger partial charge in [0.05, 0.1) is 4.90 Å². The van der Waals surface area contributed by atoms with Gasteiger partial charge >= 0.3 is 6.03 Å². The van der Waals surface area contributed by atoms with E-state index in [-0.39, 0.29) is 10.7 Å². The fourth-order valence-corrected chi connectivity index (χ4v) is 2.78. The highest BCUT2D eigenvalue weighted by Gasteiger charge is 2.17. The van der Waals surface area contributed by atoms with Gasteiger partial charge in [-0.2, -0.15) is 0 Å². The van der Waals surface area contributed by atoms with Crippen molar-refractivity contribution < 1.29 is 18.0 Å². The molecule has 0 aliphatic heterocycles. The highest BCUT2D eigenvalue weighted by molar-refractivity contribution is 7.90. The summed E-state index contributed by atoms with van der Waals surface area (Å²) < 4.78 is 26.1. The second-order valence-electron chi connectivity index (χ2n) is 5.01. The first-order chi connectivity index (χ1) is 10.8. The Morgan fingerprint density at radius 3 is 2.26 bits per heavy atom. The number of aryl methyl sites for hydroxylation is 1. The summed E-state index contributed by atoms with van der Waals surface area (Å²) in [6.45, 7) is 3.24. The number of Topliss-reactive ketones (excluding diaryl/α,β-unsaturated/α-hetero) is 1. The molecule has 2 rings (SSSR count). The molecule has 0 spiro atoms. The van der Waals surface area contributed by atoms with Gasteiger partial charge < -0.3 is 5.32 Å². The van der Waals surface area contributed by atoms with Gasteiger partial charge in [-0.3, -0.25) is 4.79 Å². The molecular formula is C16H16N2O4S. The molecule has 2 N–H and O–H groups in total. The summed E-state index contributed by atoms with van der Waals surface area (Å²) in [5.74, 6) is -0.152. The normalized spacial score (nSPS) is 10.9. The maximum atomic E-state index is 12.1. The molecule has 0 atom stereocenters. The zero-order valence-electron chi connectivity index (χ0n) is 12.7. The van der Waals surface area contributed by atoms with Crippen LogP contribution in [0, 0.1) is 6.92 Å². The molecule has 2 aromatic rings. The number of hydrogen-bond donors (Lipinski definition) is 2. The van der Waals surface area contributed by atoms with Gasteiger partial charge in [0.2, 0.25) is 0 Å². The third kappa shape index (κ3) is 4.40. The van der Waals surface area contributed by atoms with Gasteiger partial charge in [0.1, 0.15) is 0 Å². The molecule has 0 saturated heterocycles. The van der Waals surface area contributed by atoms with E-state index in [9.17, 15) is 18.0 Å². The molecule has 0 aliphatic carbocycles. The number of sulfonamides is 1. The van der Waals surface area contributed by atoms with Crippen molar-refractivity contribution in [2.24, 2.45) is 0 Å². The summed E-state index contributed by atoms with van der Waals surface area (Å²) in [4.78, 5) is 23.2. The lowest BCUT2D eigenvalue weighted by Gasteiger charge is -2.09. The minimum atomic E-state index is -3.95. The molecule has 120 valence electrons. The third-order valence-electron chi connectivity index (χ3n) is 3.09. The molecule has 0 saturated carbocycles. The minimum Gasteiger partial charge on any atom is -0.307 e. The lowest BCUT2D eigenvalue weighted by molar-refractivity contribution is 0.101. The van der Waals surface area contributed by atoms with Crippen LogP contribution < -0.4 is 10.0 Å². The molecule has 0 unspecified atom stereocenters. The summed E-state index contributed by atoms with van der Waals surface area (Å²) in [6, 6.07) is 11.5. The quantitative estimate of drug-likeness (QED) is 0.842. The molecule has 6 nitrogen and oxygen atoms in total. The summed E-state index contributed by atoms with van der Waals surface area (Å²) >= 11 is 0. The fraction of sp³-hybridized carbons (Fsp3) is 0.125. The Morgan fingerprint density at radius 2 is 1.65 bits per heavy atom. The Hall–Kier alpha value is -2.67. The van der Waals surface area contributed by atoms with Crippen LogP contribution in [0.15, 0.2) is 53.4 Å². The number of nitrogens with one attached hydrogen (secondary N) is 2. The zero-order valence-corrected chi connectivity index (χ0v) is 13.5. The van der Waals surface area contributed by atoms with E-state index in [0.29, 0.717) is 11.3 Å². The van der Waals surface area contributed by atoms with Crippen LogP contribution in [0.2, 0.25) is 0 Å². The first-order valence-corrected chi connectivity index (χ1v) is 8.28. The molecule has 23 heavy (non-hydrogen) atoms. The summed E-state index contributed by atoms with van der Waals surface area (Å²) in [7, 11) is -3.95. The lowest BCUT2D eigenvalue weighted by Crippen LogP contribution is -2.34. The van der Waals surface area contributed by atoms with Crippen LogP contribution in [0.5, 0.6) is 0 Å². The van der Waals surface area contributed by atoms with Crippen molar-refractivity contribution in [3.63, 3.8) is 0 Å². The van der Waals surface area contributed by atoms with Gasteiger partial charge in [-0.05, 0) is 38.1 Å². The number of anilines is 1. The molecule has 2 amide bonds. The maximum Gasteiger partial charge on any atom is 0.333 e. The fourth-order valence-electron chi connectivity index (χ4n) is 1.87. The van der Waals surface area contributed by atoms with E-state index in [4.69, 9.17) is 0 Å². The maximum absolute atomic E-state index is 12.1. The standard InChI is InChI=1S/C16H16N2O4S/c1-11-6-8-15(9-7-11)23(21,22)18-16(20)17-14-5-3-4-13(10-14)12(2)19/h3-10H,1-2H3,(H2,17,18,20). The van der Waals surface area contributed by atoms with E-state index in [1.165, 1.54) is 25.1 Å². The van der Waals surface area contributed by atoms with E-state index in [1.54, 1.807) is 30.3 Å². The number of benzene rings is 2. The second-order valence-corrected chi connectivity index (χ2v) is 6.69. The molecular weight excluding hydrogens is 316 g/mol. The number of carbonyl (C=O) groups excluding carboxylic acids is 2. The Labute approximate surface area is 134 Å². The molecule has 0 aromatic heterocycles. The number of ketones is 1. The van der Waals surface area contributed by atoms with E-state index in [1.807, 2.05) is 11.6 Å². The Morgan fingerprint density at radius 1 is 1.00 bits per heavy atom. The Balaban J connectivity index is 2.11. The molecule has 7 heteroatoms. The molecule has 0 aliphatic rings. The highest BCUT2D eigenvalue weighted by atomic mass is 32.2. The largest absolute Gasteiger partial charge is 0.333 e. The van der Waals surface area contributed by atoms with Gasteiger partial charge in [0.15, 0.2) is 5.78 Å². The lowest BCUT2D eigenvalue weighted by atomic mass is 10.1. The Bertz CT molecular complexity index is 843. The molecule has 0 bridgehead atoms. The predicted molar refractivity (Wildman–Crippen MR) is 87.0 cm³/mol. The summed E-state index contributed by atoms with van der Waals surface area (Å²) in [6.07, 6.45) is 0. The third-order valence-corrected chi connectivity index (χ3v) is 4.43. The van der Waals surface area contributed by atoms with Crippen LogP contribution in [0.1, 0.15) is 22.8 Å². The average molecular weight is 332 g/mol. The average Bonchev–Trinajstić information content (AvgIpc) is 2.47. The van der Waals surface area contributed by atoms with Crippen LogP contribution in [-0.4, -0.2) is 20.2 Å². The van der Waals surface area contributed by atoms with E-state index >= 15 is 0 Å². The van der Waals surface area contributed by atoms with Crippen LogP contribution in [0.4, 0.5) is 10.5 Å². The smallest absolute Gasteiger partial charge is 0.307 e. The summed E-state index contributed by atoms with van der Waals surface area (Å²) in [5.41, 5.74) is 1.66. The van der Waals surface area contributed by atoms with Crippen LogP contribution in [0.25, 0.3) is 0 Å². The zero-order chi connectivity index (χ0) is 17.0. The van der Waals surface area contributed by atoms with Crippen LogP contribution in [-0.2, 0) is 10.0 Å². The monoisotopic (exact) mass is 332 g/mol. The van der Waals surface area contributed by atoms with Crippen molar-refractivity contribution in [2.45, 2.75) is 18.7 Å². The van der Waals surface area contributed by atoms with Crippen molar-refractivity contribution in [1.82, 2.24) is 4.72 Å². The summed E-state index contributed by atoms with van der Waals surface area (Å²) in [5, 5.41) is 2.39. The van der Waals surface area contributed by atoms with Crippen LogP contribution in [0.3, 0.4) is 0 Å². The predicted octanol–water partition coefficient (Wildman–Crippen LogP) is 2.71. The van der Waals surface area contributed by atoms with Gasteiger partial charge in [-0.1, -0.05) is 29.8 Å². The van der Waals surface area contributed by atoms with Crippen LogP contribution >= 0.6 is 0 Å². The van der Waals surface area contributed by atoms with E-state index < -0.39 is 16.1 Å². The molecule has 0 radical (unpaired) electrons. The van der Waals surface area contributed by atoms with E-state index in [0.717, 1.165) is 5.56 Å². The highest BCUT2D eigenvalue weighted by Crippen LogP contribution is 2.13. The number of hydrogen-bond acceptors (Lipinski definition) is 4. The number of carbonyl (C=O) groups is 2. The minimum absolute atomic E-state index is 0.00395. The SMILES string of the molecule is CC(=O)c1cccc(NC(=O)NS(=O)(=O)c2ccc(C)cc2)c1. The number of amides is 2. The van der Waals surface area contributed by atoms with Gasteiger partial charge in [0, 0.05) is 11.3 Å². The van der Waals surface area contributed by atoms with Crippen molar-refractivity contribution in [3.05, 3.63) is 59.7 Å². The molecule has 0 fully saturated rings. The van der Waals surface area contributed by atoms with Crippen molar-refractivity contribution in [3.8, 4) is 0 Å². The Kier molecular flexibility index (Phi) is 4.80. The first kappa shape index (κ1) is 16.7. The van der Waals surface area contributed by atoms with Gasteiger partial charge in [0.25, 0.3) is 10.0 Å². The first-order valence-electron chi connectivity index (χ1n) is 6.79. The van der Waals surface area contributed by atoms with E-state index in [2.05, 4.69) is 5.32 Å².